The first kappa shape index (κ1) is 73.1. The number of halogens is 18. The van der Waals surface area contributed by atoms with E-state index in [4.69, 9.17) is 80.5 Å². The predicted molar refractivity (Wildman–Crippen MR) is 127 cm³/mol. The Morgan fingerprint density at radius 1 is 0.296 bits per heavy atom. The van der Waals surface area contributed by atoms with Crippen LogP contribution in [0.15, 0.2) is 0 Å². The first-order chi connectivity index (χ1) is 23.3. The predicted octanol–water partition coefficient (Wildman–Crippen LogP) is 5.92. The molecule has 0 aliphatic rings. The molecular weight excluding hydrogens is 830 g/mol. The van der Waals surface area contributed by atoms with E-state index >= 15 is 0 Å². The number of nitrogens with zero attached hydrogens (tertiary/aromatic N) is 4. The number of nitriles is 4. The van der Waals surface area contributed by atoms with Gasteiger partial charge in [0, 0.05) is 27.7 Å². The van der Waals surface area contributed by atoms with Crippen molar-refractivity contribution >= 4 is 35.8 Å². The molecule has 0 atom stereocenters. The zero-order chi connectivity index (χ0) is 47.3. The van der Waals surface area contributed by atoms with Crippen molar-refractivity contribution in [2.24, 2.45) is 0 Å². The normalized spacial score (nSPS) is 9.37. The number of carboxylic acids is 6. The molecule has 6 N–H and O–H groups in total. The highest BCUT2D eigenvalue weighted by Gasteiger charge is 2.41. The number of hydrogen-bond donors (Lipinski definition) is 6. The number of rotatable bonds is 0. The molecule has 0 radical (unpaired) electrons. The van der Waals surface area contributed by atoms with Gasteiger partial charge in [-0.1, -0.05) is 0 Å². The second kappa shape index (κ2) is 36.3. The van der Waals surface area contributed by atoms with Gasteiger partial charge in [0.25, 0.3) is 0 Å². The molecule has 0 aromatic rings. The van der Waals surface area contributed by atoms with Gasteiger partial charge < -0.3 is 30.6 Å². The minimum Gasteiger partial charge on any atom is -0.475 e. The Kier molecular flexibility index (Phi) is 49.1. The van der Waals surface area contributed by atoms with Crippen LogP contribution in [0.25, 0.3) is 0 Å². The summed E-state index contributed by atoms with van der Waals surface area (Å²) < 4.78 is 190. The molecule has 316 valence electrons. The van der Waals surface area contributed by atoms with Gasteiger partial charge in [-0.2, -0.15) is 100 Å². The van der Waals surface area contributed by atoms with Crippen LogP contribution in [-0.2, 0) is 28.8 Å². The van der Waals surface area contributed by atoms with Gasteiger partial charge in [0.15, 0.2) is 0 Å². The first-order valence-corrected chi connectivity index (χ1v) is 10.4. The van der Waals surface area contributed by atoms with E-state index in [0.717, 1.165) is 0 Å². The van der Waals surface area contributed by atoms with E-state index in [-0.39, 0.29) is 0 Å². The maximum atomic E-state index is 10.6. The first-order valence-electron chi connectivity index (χ1n) is 10.4. The third-order valence-corrected chi connectivity index (χ3v) is 1.46. The molecule has 34 heteroatoms. The quantitative estimate of drug-likeness (QED) is 0.154. The van der Waals surface area contributed by atoms with Gasteiger partial charge >= 0.3 is 72.9 Å². The average molecular weight is 848 g/mol. The van der Waals surface area contributed by atoms with Gasteiger partial charge in [0.2, 0.25) is 0 Å². The van der Waals surface area contributed by atoms with Crippen LogP contribution in [0.3, 0.4) is 0 Å². The van der Waals surface area contributed by atoms with Crippen LogP contribution in [-0.4, -0.2) is 104 Å². The second-order valence-corrected chi connectivity index (χ2v) is 5.71. The molecule has 0 aromatic carbocycles. The van der Waals surface area contributed by atoms with Gasteiger partial charge in [0.1, 0.15) is 0 Å². The molecule has 0 aromatic heterocycles. The lowest BCUT2D eigenvalue weighted by atomic mass is 10.7. The van der Waals surface area contributed by atoms with E-state index in [2.05, 4.69) is 0 Å². The molecular formula is C20H18F18N4O12. The van der Waals surface area contributed by atoms with Crippen LogP contribution in [0.5, 0.6) is 0 Å². The van der Waals surface area contributed by atoms with Crippen LogP contribution in [0.1, 0.15) is 27.7 Å². The topological polar surface area (TPSA) is 319 Å². The molecule has 0 aliphatic heterocycles. The Bertz CT molecular complexity index is 1010. The van der Waals surface area contributed by atoms with Gasteiger partial charge in [0.05, 0.1) is 24.3 Å². The van der Waals surface area contributed by atoms with Crippen LogP contribution >= 0.6 is 0 Å². The number of alkyl halides is 18. The van der Waals surface area contributed by atoms with Gasteiger partial charge in [-0.05, 0) is 0 Å². The fourth-order valence-electron chi connectivity index (χ4n) is 0. The number of hydrogen-bond acceptors (Lipinski definition) is 10. The maximum absolute atomic E-state index is 10.6. The van der Waals surface area contributed by atoms with E-state index < -0.39 is 72.9 Å². The standard InChI is InChI=1S/6C2HF3O2.4C2H3N/c6*3-2(4,5)1(6)7;4*1-2-3/h6*(H,6,7);4*1H3. The molecule has 0 amide bonds. The van der Waals surface area contributed by atoms with E-state index in [9.17, 15) is 79.0 Å². The maximum Gasteiger partial charge on any atom is 0.490 e. The van der Waals surface area contributed by atoms with E-state index in [0.29, 0.717) is 0 Å². The van der Waals surface area contributed by atoms with Crippen molar-refractivity contribution in [3.05, 3.63) is 0 Å². The summed E-state index contributed by atoms with van der Waals surface area (Å²) in [6, 6.07) is 7.00. The Labute approximate surface area is 285 Å². The van der Waals surface area contributed by atoms with Crippen molar-refractivity contribution in [1.29, 1.82) is 21.0 Å². The van der Waals surface area contributed by atoms with Crippen LogP contribution < -0.4 is 0 Å². The van der Waals surface area contributed by atoms with Crippen molar-refractivity contribution in [2.75, 3.05) is 0 Å². The van der Waals surface area contributed by atoms with Gasteiger partial charge in [-0.3, -0.25) is 0 Å². The summed E-state index contributed by atoms with van der Waals surface area (Å²) in [5, 5.41) is 72.0. The molecule has 0 bridgehead atoms. The van der Waals surface area contributed by atoms with Crippen molar-refractivity contribution < 1.29 is 138 Å². The summed E-state index contributed by atoms with van der Waals surface area (Å²) >= 11 is 0. The fraction of sp³-hybridized carbons (Fsp3) is 0.500. The number of carboxylic acid groups (broad SMARTS) is 6. The van der Waals surface area contributed by atoms with E-state index in [1.54, 1.807) is 24.3 Å². The van der Waals surface area contributed by atoms with Crippen molar-refractivity contribution in [3.8, 4) is 24.3 Å². The molecule has 16 nitrogen and oxygen atoms in total. The molecule has 0 saturated carbocycles. The third kappa shape index (κ3) is 104. The van der Waals surface area contributed by atoms with Crippen LogP contribution in [0.2, 0.25) is 0 Å². The molecule has 0 spiro atoms. The zero-order valence-electron chi connectivity index (χ0n) is 25.7. The highest BCUT2D eigenvalue weighted by atomic mass is 19.4. The summed E-state index contributed by atoms with van der Waals surface area (Å²) in [5.41, 5.74) is 0. The van der Waals surface area contributed by atoms with E-state index in [1.165, 1.54) is 27.7 Å². The summed E-state index contributed by atoms with van der Waals surface area (Å²) in [6.45, 7) is 5.72. The minimum atomic E-state index is -5.08. The summed E-state index contributed by atoms with van der Waals surface area (Å²) in [4.78, 5) is 53.4. The van der Waals surface area contributed by atoms with Crippen LogP contribution in [0, 0.1) is 45.3 Å². The molecule has 0 fully saturated rings. The number of carbonyl (C=O) groups is 6. The Morgan fingerprint density at radius 3 is 0.315 bits per heavy atom. The second-order valence-electron chi connectivity index (χ2n) is 5.71. The summed E-state index contributed by atoms with van der Waals surface area (Å²) in [5.74, 6) is -16.5. The summed E-state index contributed by atoms with van der Waals surface area (Å²) in [7, 11) is 0. The minimum absolute atomic E-state index is 1.43. The van der Waals surface area contributed by atoms with Crippen molar-refractivity contribution in [3.63, 3.8) is 0 Å². The average Bonchev–Trinajstić information content (AvgIpc) is 2.89. The van der Waals surface area contributed by atoms with Gasteiger partial charge in [-0.15, -0.1) is 0 Å². The highest BCUT2D eigenvalue weighted by Crippen LogP contribution is 2.15. The highest BCUT2D eigenvalue weighted by molar-refractivity contribution is 5.74. The Balaban J connectivity index is -0.0000000508. The SMILES string of the molecule is CC#N.CC#N.CC#N.CC#N.O=C(O)C(F)(F)F.O=C(O)C(F)(F)F.O=C(O)C(F)(F)F.O=C(O)C(F)(F)F.O=C(O)C(F)(F)F.O=C(O)C(F)(F)F. The Hall–Kier alpha value is -6.48. The van der Waals surface area contributed by atoms with Gasteiger partial charge in [-0.25, -0.2) is 28.8 Å². The fourth-order valence-corrected chi connectivity index (χ4v) is 0. The Morgan fingerprint density at radius 2 is 0.315 bits per heavy atom. The molecule has 0 unspecified atom stereocenters. The van der Waals surface area contributed by atoms with E-state index in [1.807, 2.05) is 0 Å². The lowest BCUT2D eigenvalue weighted by Crippen LogP contribution is -2.21. The molecule has 0 rings (SSSR count). The molecule has 0 saturated heterocycles. The van der Waals surface area contributed by atoms with Crippen molar-refractivity contribution in [2.45, 2.75) is 64.8 Å². The lowest BCUT2D eigenvalue weighted by molar-refractivity contribution is -0.193. The van der Waals surface area contributed by atoms with Crippen molar-refractivity contribution in [1.82, 2.24) is 0 Å². The molecule has 0 aliphatic carbocycles. The number of aliphatic carboxylic acids is 6. The molecule has 54 heavy (non-hydrogen) atoms. The molecule has 0 heterocycles. The lowest BCUT2D eigenvalue weighted by Gasteiger charge is -1.93. The third-order valence-electron chi connectivity index (χ3n) is 1.46. The zero-order valence-corrected chi connectivity index (χ0v) is 25.7. The summed E-state index contributed by atoms with van der Waals surface area (Å²) in [6.07, 6.45) is -30.5. The monoisotopic (exact) mass is 848 g/mol. The largest absolute Gasteiger partial charge is 0.490 e. The van der Waals surface area contributed by atoms with Crippen LogP contribution in [0.4, 0.5) is 79.0 Å². The smallest absolute Gasteiger partial charge is 0.475 e.